The van der Waals surface area contributed by atoms with Crippen LogP contribution in [0.15, 0.2) is 64.7 Å². The van der Waals surface area contributed by atoms with Gasteiger partial charge in [-0.05, 0) is 46.8 Å². The highest BCUT2D eigenvalue weighted by Gasteiger charge is 2.29. The average molecular weight is 252 g/mol. The van der Waals surface area contributed by atoms with Crippen molar-refractivity contribution in [2.24, 2.45) is 5.41 Å². The highest BCUT2D eigenvalue weighted by Crippen LogP contribution is 2.37. The van der Waals surface area contributed by atoms with Gasteiger partial charge in [-0.2, -0.15) is 0 Å². The van der Waals surface area contributed by atoms with Crippen molar-refractivity contribution < 1.29 is 0 Å². The monoisotopic (exact) mass is 252 g/mol. The fourth-order valence-corrected chi connectivity index (χ4v) is 2.21. The van der Waals surface area contributed by atoms with Crippen molar-refractivity contribution in [3.8, 4) is 0 Å². The lowest BCUT2D eigenvalue weighted by molar-refractivity contribution is 0.514. The Labute approximate surface area is 116 Å². The van der Waals surface area contributed by atoms with Crippen molar-refractivity contribution in [2.75, 3.05) is 0 Å². The van der Waals surface area contributed by atoms with E-state index in [-0.39, 0.29) is 5.41 Å². The van der Waals surface area contributed by atoms with Crippen molar-refractivity contribution in [3.05, 3.63) is 70.6 Å². The molecule has 19 heavy (non-hydrogen) atoms. The van der Waals surface area contributed by atoms with Crippen molar-refractivity contribution in [1.29, 1.82) is 0 Å². The summed E-state index contributed by atoms with van der Waals surface area (Å²) < 4.78 is 0. The number of rotatable bonds is 0. The van der Waals surface area contributed by atoms with E-state index in [9.17, 15) is 0 Å². The van der Waals surface area contributed by atoms with Gasteiger partial charge in [0.1, 0.15) is 0 Å². The molecule has 0 spiro atoms. The van der Waals surface area contributed by atoms with Crippen LogP contribution in [0, 0.1) is 11.3 Å². The Morgan fingerprint density at radius 3 is 2.32 bits per heavy atom. The highest BCUT2D eigenvalue weighted by molar-refractivity contribution is 5.56. The zero-order chi connectivity index (χ0) is 14.0. The van der Waals surface area contributed by atoms with Crippen LogP contribution < -0.4 is 5.32 Å². The van der Waals surface area contributed by atoms with Crippen LogP contribution in [0.1, 0.15) is 34.6 Å². The molecule has 0 aromatic heterocycles. The summed E-state index contributed by atoms with van der Waals surface area (Å²) in [6.07, 6.45) is 12.5. The molecule has 0 saturated heterocycles. The Morgan fingerprint density at radius 2 is 1.79 bits per heavy atom. The fourth-order valence-electron chi connectivity index (χ4n) is 2.21. The van der Waals surface area contributed by atoms with Gasteiger partial charge in [-0.15, -0.1) is 0 Å². The topological polar surface area (TPSA) is 12.0 Å². The van der Waals surface area contributed by atoms with Gasteiger partial charge < -0.3 is 5.32 Å². The van der Waals surface area contributed by atoms with Gasteiger partial charge in [-0.25, -0.2) is 0 Å². The standard InChI is InChI=1S/C18H22N/c1-13-10-16(18(3,4)5)11-14(2)17(13)12-15-6-8-19-9-7-15/h6-11,19H,1-5H3/q+1. The minimum absolute atomic E-state index is 0.190. The minimum Gasteiger partial charge on any atom is -0.367 e. The Kier molecular flexibility index (Phi) is 3.59. The Bertz CT molecular complexity index is 539. The second kappa shape index (κ2) is 5.03. The van der Waals surface area contributed by atoms with E-state index in [2.05, 4.69) is 57.8 Å². The molecule has 0 radical (unpaired) electrons. The van der Waals surface area contributed by atoms with Crippen LogP contribution in [-0.4, -0.2) is 0 Å². The number of hydrogen-bond donors (Lipinski definition) is 1. The second-order valence-corrected chi connectivity index (χ2v) is 6.15. The maximum Gasteiger partial charge on any atom is 0.153 e. The van der Waals surface area contributed by atoms with Crippen LogP contribution in [0.5, 0.6) is 0 Å². The van der Waals surface area contributed by atoms with E-state index in [0.717, 1.165) is 5.57 Å². The summed E-state index contributed by atoms with van der Waals surface area (Å²) in [5, 5.41) is 3.04. The zero-order valence-electron chi connectivity index (χ0n) is 12.5. The molecule has 0 atom stereocenters. The van der Waals surface area contributed by atoms with Crippen LogP contribution >= 0.6 is 0 Å². The molecule has 1 aliphatic heterocycles. The zero-order valence-corrected chi connectivity index (χ0v) is 12.5. The van der Waals surface area contributed by atoms with Crippen LogP contribution in [-0.2, 0) is 0 Å². The number of hydrogen-bond acceptors (Lipinski definition) is 1. The van der Waals surface area contributed by atoms with E-state index >= 15 is 0 Å². The lowest BCUT2D eigenvalue weighted by Crippen LogP contribution is -2.13. The van der Waals surface area contributed by atoms with E-state index < -0.39 is 0 Å². The van der Waals surface area contributed by atoms with Crippen LogP contribution in [0.2, 0.25) is 0 Å². The molecule has 0 bridgehead atoms. The Morgan fingerprint density at radius 1 is 1.16 bits per heavy atom. The molecular formula is C18H22N+. The third-order valence-corrected chi connectivity index (χ3v) is 3.39. The Balaban J connectivity index is 2.43. The largest absolute Gasteiger partial charge is 0.367 e. The average Bonchev–Trinajstić information content (AvgIpc) is 2.33. The summed E-state index contributed by atoms with van der Waals surface area (Å²) in [7, 11) is 0. The summed E-state index contributed by atoms with van der Waals surface area (Å²) >= 11 is 0. The van der Waals surface area contributed by atoms with Gasteiger partial charge >= 0.3 is 0 Å². The smallest absolute Gasteiger partial charge is 0.153 e. The van der Waals surface area contributed by atoms with Crippen molar-refractivity contribution in [2.45, 2.75) is 34.6 Å². The second-order valence-electron chi connectivity index (χ2n) is 6.15. The van der Waals surface area contributed by atoms with E-state index in [0.29, 0.717) is 0 Å². The van der Waals surface area contributed by atoms with E-state index in [1.165, 1.54) is 22.6 Å². The van der Waals surface area contributed by atoms with Gasteiger partial charge in [0.25, 0.3) is 0 Å². The van der Waals surface area contributed by atoms with Crippen molar-refractivity contribution in [3.63, 3.8) is 0 Å². The molecule has 2 aliphatic rings. The molecule has 0 saturated carbocycles. The van der Waals surface area contributed by atoms with Crippen LogP contribution in [0.25, 0.3) is 0 Å². The molecule has 2 rings (SSSR count). The maximum atomic E-state index is 3.50. The summed E-state index contributed by atoms with van der Waals surface area (Å²) in [4.78, 5) is 0. The summed E-state index contributed by atoms with van der Waals surface area (Å²) in [6, 6.07) is 0. The lowest BCUT2D eigenvalue weighted by atomic mass is 9.77. The predicted octanol–water partition coefficient (Wildman–Crippen LogP) is 4.60. The van der Waals surface area contributed by atoms with Gasteiger partial charge in [-0.1, -0.05) is 0 Å². The molecule has 1 nitrogen and oxygen atoms in total. The number of dihydropyridines is 1. The molecule has 98 valence electrons. The molecule has 0 aromatic carbocycles. The van der Waals surface area contributed by atoms with E-state index in [1.807, 2.05) is 24.6 Å². The SMILES string of the molecule is CC1=CC(C(C)(C)C)=C[C+](C)C1=C=C1C=CNC=C1. The van der Waals surface area contributed by atoms with E-state index in [4.69, 9.17) is 0 Å². The van der Waals surface area contributed by atoms with Crippen LogP contribution in [0.4, 0.5) is 0 Å². The molecule has 0 unspecified atom stereocenters. The first-order valence-corrected chi connectivity index (χ1v) is 6.73. The molecule has 0 aromatic rings. The molecular weight excluding hydrogens is 230 g/mol. The molecule has 1 N–H and O–H groups in total. The van der Waals surface area contributed by atoms with Crippen molar-refractivity contribution in [1.82, 2.24) is 5.32 Å². The summed E-state index contributed by atoms with van der Waals surface area (Å²) in [5.74, 6) is 1.29. The molecule has 1 aliphatic carbocycles. The summed E-state index contributed by atoms with van der Waals surface area (Å²) in [6.45, 7) is 11.1. The third kappa shape index (κ3) is 3.13. The summed E-state index contributed by atoms with van der Waals surface area (Å²) in [5.41, 5.74) is 8.68. The first-order chi connectivity index (χ1) is 8.88. The predicted molar refractivity (Wildman–Crippen MR) is 82.2 cm³/mol. The minimum atomic E-state index is 0.190. The molecule has 1 heteroatoms. The van der Waals surface area contributed by atoms with Gasteiger partial charge in [-0.3, -0.25) is 0 Å². The first-order valence-electron chi connectivity index (χ1n) is 6.73. The fraction of sp³-hybridized carbons (Fsp3) is 0.333. The molecule has 0 fully saturated rings. The van der Waals surface area contributed by atoms with Crippen LogP contribution in [0.3, 0.4) is 0 Å². The van der Waals surface area contributed by atoms with Gasteiger partial charge in [0.15, 0.2) is 5.57 Å². The lowest BCUT2D eigenvalue weighted by Gasteiger charge is -2.21. The maximum absolute atomic E-state index is 3.50. The molecule has 0 amide bonds. The normalized spacial score (nSPS) is 18.9. The van der Waals surface area contributed by atoms with E-state index in [1.54, 1.807) is 0 Å². The third-order valence-electron chi connectivity index (χ3n) is 3.39. The first kappa shape index (κ1) is 13.6. The van der Waals surface area contributed by atoms with Crippen molar-refractivity contribution >= 4 is 0 Å². The number of allylic oxidation sites excluding steroid dienone is 7. The van der Waals surface area contributed by atoms with Gasteiger partial charge in [0, 0.05) is 41.3 Å². The van der Waals surface area contributed by atoms with Gasteiger partial charge in [0.05, 0.1) is 17.1 Å². The quantitative estimate of drug-likeness (QED) is 0.491. The van der Waals surface area contributed by atoms with Gasteiger partial charge in [0.2, 0.25) is 0 Å². The highest BCUT2D eigenvalue weighted by atomic mass is 14.8. The Hall–Kier alpha value is -1.85. The number of nitrogens with one attached hydrogen (secondary N) is 1. The molecule has 1 heterocycles.